The van der Waals surface area contributed by atoms with E-state index < -0.39 is 11.3 Å². The molecule has 23 heavy (non-hydrogen) atoms. The molecule has 1 atom stereocenters. The van der Waals surface area contributed by atoms with Crippen LogP contribution in [0.1, 0.15) is 61.3 Å². The molecule has 0 bridgehead atoms. The molecule has 0 N–H and O–H groups in total. The van der Waals surface area contributed by atoms with Gasteiger partial charge < -0.3 is 14.2 Å². The monoisotopic (exact) mass is 327 g/mol. The van der Waals surface area contributed by atoms with E-state index >= 15 is 0 Å². The van der Waals surface area contributed by atoms with Crippen molar-refractivity contribution in [3.05, 3.63) is 11.6 Å². The second kappa shape index (κ2) is 8.15. The number of amides is 1. The topological polar surface area (TPSA) is 48.0 Å². The highest BCUT2D eigenvalue weighted by molar-refractivity contribution is 5.70. The second-order valence-corrected chi connectivity index (χ2v) is 7.59. The molecule has 0 spiro atoms. The van der Waals surface area contributed by atoms with Crippen molar-refractivity contribution in [2.24, 2.45) is 0 Å². The number of hydrogen-bond donors (Lipinski definition) is 0. The molecule has 0 aliphatic carbocycles. The summed E-state index contributed by atoms with van der Waals surface area (Å²) in [6, 6.07) is -0.130. The van der Waals surface area contributed by atoms with Crippen LogP contribution >= 0.6 is 0 Å². The molecule has 134 valence electrons. The fourth-order valence-corrected chi connectivity index (χ4v) is 2.48. The number of carbonyl (C=O) groups is 1. The number of nitrogens with zero attached hydrogens (tertiary/aromatic N) is 1. The first-order valence-electron chi connectivity index (χ1n) is 8.48. The third kappa shape index (κ3) is 6.51. The van der Waals surface area contributed by atoms with Crippen molar-refractivity contribution in [2.75, 3.05) is 19.8 Å². The van der Waals surface area contributed by atoms with Gasteiger partial charge >= 0.3 is 6.09 Å². The van der Waals surface area contributed by atoms with Crippen molar-refractivity contribution in [1.82, 2.24) is 4.90 Å². The number of unbranched alkanes of at least 4 members (excludes halogenated alkanes) is 1. The smallest absolute Gasteiger partial charge is 0.413 e. The van der Waals surface area contributed by atoms with E-state index in [2.05, 4.69) is 6.92 Å². The Morgan fingerprint density at radius 1 is 1.39 bits per heavy atom. The molecule has 1 heterocycles. The summed E-state index contributed by atoms with van der Waals surface area (Å²) in [5.41, 5.74) is -0.101. The van der Waals surface area contributed by atoms with E-state index in [-0.39, 0.29) is 12.1 Å². The van der Waals surface area contributed by atoms with Crippen LogP contribution in [0.4, 0.5) is 4.79 Å². The average Bonchev–Trinajstić information content (AvgIpc) is 2.68. The van der Waals surface area contributed by atoms with Crippen LogP contribution in [-0.2, 0) is 14.2 Å². The summed E-state index contributed by atoms with van der Waals surface area (Å²) in [6.45, 7) is 15.4. The van der Waals surface area contributed by atoms with Gasteiger partial charge in [-0.2, -0.15) is 0 Å². The van der Waals surface area contributed by atoms with Crippen molar-refractivity contribution >= 4 is 6.09 Å². The highest BCUT2D eigenvalue weighted by Gasteiger charge is 2.44. The van der Waals surface area contributed by atoms with Crippen molar-refractivity contribution in [3.63, 3.8) is 0 Å². The highest BCUT2D eigenvalue weighted by Crippen LogP contribution is 2.30. The summed E-state index contributed by atoms with van der Waals surface area (Å²) in [7, 11) is 0. The molecule has 0 aromatic heterocycles. The van der Waals surface area contributed by atoms with Gasteiger partial charge in [-0.15, -0.1) is 0 Å². The van der Waals surface area contributed by atoms with Gasteiger partial charge in [-0.1, -0.05) is 19.4 Å². The van der Waals surface area contributed by atoms with Crippen LogP contribution in [-0.4, -0.2) is 48.2 Å². The van der Waals surface area contributed by atoms with Crippen molar-refractivity contribution < 1.29 is 19.0 Å². The normalized spacial score (nSPS) is 21.6. The van der Waals surface area contributed by atoms with Gasteiger partial charge in [-0.25, -0.2) is 4.79 Å². The van der Waals surface area contributed by atoms with Crippen molar-refractivity contribution in [2.45, 2.75) is 78.7 Å². The minimum atomic E-state index is -0.674. The lowest BCUT2D eigenvalue weighted by atomic mass is 10.1. The van der Waals surface area contributed by atoms with E-state index in [9.17, 15) is 4.79 Å². The summed E-state index contributed by atoms with van der Waals surface area (Å²) in [5, 5.41) is 0. The lowest BCUT2D eigenvalue weighted by Gasteiger charge is -2.34. The second-order valence-electron chi connectivity index (χ2n) is 7.59. The fourth-order valence-electron chi connectivity index (χ4n) is 2.48. The summed E-state index contributed by atoms with van der Waals surface area (Å²) >= 11 is 0. The van der Waals surface area contributed by atoms with E-state index in [1.54, 1.807) is 4.90 Å². The Morgan fingerprint density at radius 2 is 2.04 bits per heavy atom. The molecular formula is C18H33NO4. The molecule has 1 aliphatic heterocycles. The molecule has 5 heteroatoms. The van der Waals surface area contributed by atoms with E-state index in [1.807, 2.05) is 47.6 Å². The van der Waals surface area contributed by atoms with Crippen LogP contribution in [0.5, 0.6) is 0 Å². The van der Waals surface area contributed by atoms with Gasteiger partial charge in [0.25, 0.3) is 0 Å². The van der Waals surface area contributed by atoms with E-state index in [4.69, 9.17) is 14.2 Å². The third-order valence-corrected chi connectivity index (χ3v) is 3.56. The maximum Gasteiger partial charge on any atom is 0.413 e. The molecule has 1 rings (SSSR count). The van der Waals surface area contributed by atoms with Gasteiger partial charge in [0.2, 0.25) is 0 Å². The van der Waals surface area contributed by atoms with Crippen LogP contribution in [0.2, 0.25) is 0 Å². The van der Waals surface area contributed by atoms with Crippen molar-refractivity contribution in [3.8, 4) is 0 Å². The lowest BCUT2D eigenvalue weighted by molar-refractivity contribution is -0.0610. The molecule has 0 aromatic rings. The summed E-state index contributed by atoms with van der Waals surface area (Å²) in [6.07, 6.45) is 3.89. The molecule has 0 aromatic carbocycles. The van der Waals surface area contributed by atoms with Crippen molar-refractivity contribution in [1.29, 1.82) is 0 Å². The van der Waals surface area contributed by atoms with Gasteiger partial charge in [0.05, 0.1) is 19.3 Å². The zero-order valence-electron chi connectivity index (χ0n) is 15.8. The predicted octanol–water partition coefficient (Wildman–Crippen LogP) is 4.12. The van der Waals surface area contributed by atoms with Gasteiger partial charge in [0.1, 0.15) is 11.3 Å². The Morgan fingerprint density at radius 3 is 2.61 bits per heavy atom. The number of rotatable bonds is 6. The first kappa shape index (κ1) is 20.0. The molecule has 5 nitrogen and oxygen atoms in total. The molecule has 0 unspecified atom stereocenters. The molecular weight excluding hydrogens is 294 g/mol. The minimum absolute atomic E-state index is 0.130. The average molecular weight is 327 g/mol. The Kier molecular flexibility index (Phi) is 7.08. The predicted molar refractivity (Wildman–Crippen MR) is 91.4 cm³/mol. The zero-order chi connectivity index (χ0) is 17.7. The van der Waals surface area contributed by atoms with Crippen LogP contribution in [0.25, 0.3) is 0 Å². The summed E-state index contributed by atoms with van der Waals surface area (Å²) in [5.74, 6) is 0. The van der Waals surface area contributed by atoms with Crippen LogP contribution < -0.4 is 0 Å². The molecule has 1 aliphatic rings. The largest absolute Gasteiger partial charge is 0.444 e. The number of ether oxygens (including phenoxy) is 3. The SMILES string of the molecule is CCCCOC/C(C)=C/[C@H]1COC(C)(C)N1C(=O)OC(C)(C)C. The van der Waals surface area contributed by atoms with E-state index in [0.717, 1.165) is 25.0 Å². The number of hydrogen-bond acceptors (Lipinski definition) is 4. The Bertz CT molecular complexity index is 423. The third-order valence-electron chi connectivity index (χ3n) is 3.56. The Hall–Kier alpha value is -1.07. The standard InChI is InChI=1S/C18H33NO4/c1-8-9-10-21-12-14(2)11-15-13-22-18(6,7)19(15)16(20)23-17(3,4)5/h11,15H,8-10,12-13H2,1-7H3/b14-11+/t15-/m0/s1. The summed E-state index contributed by atoms with van der Waals surface area (Å²) in [4.78, 5) is 14.2. The molecule has 1 saturated heterocycles. The van der Waals surface area contributed by atoms with E-state index in [1.165, 1.54) is 0 Å². The Labute approximate surface area is 141 Å². The first-order chi connectivity index (χ1) is 10.6. The van der Waals surface area contributed by atoms with Gasteiger partial charge in [-0.3, -0.25) is 4.90 Å². The lowest BCUT2D eigenvalue weighted by Crippen LogP contribution is -2.49. The quantitative estimate of drug-likeness (QED) is 0.544. The molecule has 1 amide bonds. The van der Waals surface area contributed by atoms with Crippen LogP contribution in [0.3, 0.4) is 0 Å². The van der Waals surface area contributed by atoms with Crippen LogP contribution in [0, 0.1) is 0 Å². The van der Waals surface area contributed by atoms with Gasteiger partial charge in [-0.05, 0) is 53.5 Å². The summed E-state index contributed by atoms with van der Waals surface area (Å²) < 4.78 is 16.9. The number of carbonyl (C=O) groups excluding carboxylic acids is 1. The fraction of sp³-hybridized carbons (Fsp3) is 0.833. The first-order valence-corrected chi connectivity index (χ1v) is 8.48. The minimum Gasteiger partial charge on any atom is -0.444 e. The molecule has 0 radical (unpaired) electrons. The van der Waals surface area contributed by atoms with Crippen LogP contribution in [0.15, 0.2) is 11.6 Å². The maximum atomic E-state index is 12.5. The van der Waals surface area contributed by atoms with E-state index in [0.29, 0.717) is 13.2 Å². The van der Waals surface area contributed by atoms with Gasteiger partial charge in [0.15, 0.2) is 0 Å². The molecule has 0 saturated carbocycles. The van der Waals surface area contributed by atoms with Gasteiger partial charge in [0, 0.05) is 6.61 Å². The Balaban J connectivity index is 2.74. The molecule has 1 fully saturated rings. The maximum absolute atomic E-state index is 12.5. The highest BCUT2D eigenvalue weighted by atomic mass is 16.6. The zero-order valence-corrected chi connectivity index (χ0v) is 15.8.